The van der Waals surface area contributed by atoms with Gasteiger partial charge in [-0.05, 0) is 35.9 Å². The number of benzene rings is 2. The van der Waals surface area contributed by atoms with Gasteiger partial charge in [0.15, 0.2) is 11.5 Å². The first-order valence-corrected chi connectivity index (χ1v) is 8.03. The average molecular weight is 337 g/mol. The minimum atomic E-state index is 0.275. The van der Waals surface area contributed by atoms with E-state index >= 15 is 0 Å². The highest BCUT2D eigenvalue weighted by molar-refractivity contribution is 5.66. The van der Waals surface area contributed by atoms with Gasteiger partial charge in [-0.3, -0.25) is 0 Å². The Morgan fingerprint density at radius 3 is 2.92 bits per heavy atom. The lowest BCUT2D eigenvalue weighted by Crippen LogP contribution is -2.05. The van der Waals surface area contributed by atoms with E-state index in [1.54, 1.807) is 7.11 Å². The number of aromatic nitrogens is 2. The number of anilines is 1. The molecule has 0 unspecified atom stereocenters. The molecule has 2 aromatic carbocycles. The van der Waals surface area contributed by atoms with Gasteiger partial charge in [-0.15, -0.1) is 0 Å². The lowest BCUT2D eigenvalue weighted by Gasteiger charge is -2.09. The highest BCUT2D eigenvalue weighted by atomic mass is 16.7. The number of ether oxygens (including phenoxy) is 3. The van der Waals surface area contributed by atoms with Crippen molar-refractivity contribution in [2.75, 3.05) is 19.2 Å². The molecule has 25 heavy (non-hydrogen) atoms. The van der Waals surface area contributed by atoms with Gasteiger partial charge in [0.25, 0.3) is 0 Å². The molecule has 3 aromatic rings. The summed E-state index contributed by atoms with van der Waals surface area (Å²) in [6, 6.07) is 13.9. The monoisotopic (exact) mass is 337 g/mol. The van der Waals surface area contributed by atoms with Crippen molar-refractivity contribution in [2.45, 2.75) is 6.54 Å². The quantitative estimate of drug-likeness (QED) is 0.773. The molecule has 2 heterocycles. The Balaban J connectivity index is 1.53. The van der Waals surface area contributed by atoms with E-state index < -0.39 is 0 Å². The summed E-state index contributed by atoms with van der Waals surface area (Å²) < 4.78 is 18.1. The summed E-state index contributed by atoms with van der Waals surface area (Å²) in [6.45, 7) is 0.945. The van der Waals surface area contributed by atoms with Gasteiger partial charge in [-0.2, -0.15) is 0 Å². The third-order valence-electron chi connectivity index (χ3n) is 4.24. The van der Waals surface area contributed by atoms with Crippen molar-refractivity contribution in [3.8, 4) is 28.5 Å². The first-order chi connectivity index (χ1) is 12.2. The van der Waals surface area contributed by atoms with E-state index in [-0.39, 0.29) is 6.79 Å². The van der Waals surface area contributed by atoms with Crippen LogP contribution in [0.5, 0.6) is 17.2 Å². The zero-order valence-corrected chi connectivity index (χ0v) is 14.2. The largest absolute Gasteiger partial charge is 0.497 e. The van der Waals surface area contributed by atoms with Crippen LogP contribution in [-0.2, 0) is 13.6 Å². The number of hydrogen-bond donors (Lipinski definition) is 1. The van der Waals surface area contributed by atoms with Gasteiger partial charge in [0, 0.05) is 19.2 Å². The van der Waals surface area contributed by atoms with E-state index in [9.17, 15) is 0 Å². The molecule has 1 aliphatic heterocycles. The summed E-state index contributed by atoms with van der Waals surface area (Å²) in [5, 5.41) is 3.36. The van der Waals surface area contributed by atoms with E-state index in [0.29, 0.717) is 6.54 Å². The molecule has 4 rings (SSSR count). The third kappa shape index (κ3) is 2.98. The smallest absolute Gasteiger partial charge is 0.231 e. The van der Waals surface area contributed by atoms with Gasteiger partial charge < -0.3 is 24.1 Å². The maximum atomic E-state index is 5.46. The Labute approximate surface area is 146 Å². The Morgan fingerprint density at radius 2 is 2.04 bits per heavy atom. The van der Waals surface area contributed by atoms with Crippen molar-refractivity contribution in [2.24, 2.45) is 7.05 Å². The standard InChI is InChI=1S/C19H19N3O3/c1-22-16(14-6-7-17-18(9-14)25-12-24-17)11-21-19(22)20-10-13-4-3-5-15(8-13)23-2/h3-9,11H,10,12H2,1-2H3,(H,20,21). The van der Waals surface area contributed by atoms with E-state index in [4.69, 9.17) is 14.2 Å². The summed E-state index contributed by atoms with van der Waals surface area (Å²) >= 11 is 0. The molecule has 0 saturated heterocycles. The fraction of sp³-hybridized carbons (Fsp3) is 0.211. The van der Waals surface area contributed by atoms with E-state index in [0.717, 1.165) is 40.0 Å². The molecule has 0 fully saturated rings. The molecule has 0 aliphatic carbocycles. The predicted molar refractivity (Wildman–Crippen MR) is 95.1 cm³/mol. The maximum Gasteiger partial charge on any atom is 0.231 e. The molecule has 0 spiro atoms. The van der Waals surface area contributed by atoms with Crippen LogP contribution < -0.4 is 19.5 Å². The van der Waals surface area contributed by atoms with Crippen LogP contribution in [0.1, 0.15) is 5.56 Å². The lowest BCUT2D eigenvalue weighted by molar-refractivity contribution is 0.174. The van der Waals surface area contributed by atoms with Crippen LogP contribution in [0.25, 0.3) is 11.3 Å². The van der Waals surface area contributed by atoms with Gasteiger partial charge in [-0.25, -0.2) is 4.98 Å². The van der Waals surface area contributed by atoms with Gasteiger partial charge in [0.05, 0.1) is 19.0 Å². The Hall–Kier alpha value is -3.15. The van der Waals surface area contributed by atoms with Gasteiger partial charge in [-0.1, -0.05) is 12.1 Å². The minimum absolute atomic E-state index is 0.275. The molecular formula is C19H19N3O3. The first-order valence-electron chi connectivity index (χ1n) is 8.03. The zero-order chi connectivity index (χ0) is 17.2. The summed E-state index contributed by atoms with van der Waals surface area (Å²) in [7, 11) is 3.66. The number of hydrogen-bond acceptors (Lipinski definition) is 5. The van der Waals surface area contributed by atoms with Crippen molar-refractivity contribution >= 4 is 5.95 Å². The fourth-order valence-corrected chi connectivity index (χ4v) is 2.86. The topological polar surface area (TPSA) is 57.5 Å². The molecule has 1 N–H and O–H groups in total. The average Bonchev–Trinajstić information content (AvgIpc) is 3.26. The number of rotatable bonds is 5. The molecule has 0 atom stereocenters. The summed E-state index contributed by atoms with van der Waals surface area (Å²) in [5.74, 6) is 3.20. The van der Waals surface area contributed by atoms with Crippen molar-refractivity contribution in [1.82, 2.24) is 9.55 Å². The van der Waals surface area contributed by atoms with Crippen molar-refractivity contribution in [3.63, 3.8) is 0 Å². The summed E-state index contributed by atoms with van der Waals surface area (Å²) in [6.07, 6.45) is 1.85. The van der Waals surface area contributed by atoms with Crippen LogP contribution in [0.3, 0.4) is 0 Å². The molecule has 6 heteroatoms. The van der Waals surface area contributed by atoms with E-state index in [1.807, 2.05) is 54.2 Å². The van der Waals surface area contributed by atoms with Gasteiger partial charge in [0.2, 0.25) is 12.7 Å². The Kier molecular flexibility index (Phi) is 3.93. The third-order valence-corrected chi connectivity index (χ3v) is 4.24. The normalized spacial score (nSPS) is 12.2. The second kappa shape index (κ2) is 6.39. The van der Waals surface area contributed by atoms with Crippen LogP contribution in [0.15, 0.2) is 48.7 Å². The van der Waals surface area contributed by atoms with Crippen molar-refractivity contribution in [3.05, 3.63) is 54.2 Å². The molecule has 0 saturated carbocycles. The summed E-state index contributed by atoms with van der Waals surface area (Å²) in [4.78, 5) is 4.49. The van der Waals surface area contributed by atoms with Crippen LogP contribution in [0.2, 0.25) is 0 Å². The van der Waals surface area contributed by atoms with Crippen LogP contribution in [0, 0.1) is 0 Å². The predicted octanol–water partition coefficient (Wildman–Crippen LogP) is 3.44. The lowest BCUT2D eigenvalue weighted by atomic mass is 10.1. The number of fused-ring (bicyclic) bond motifs is 1. The molecule has 1 aromatic heterocycles. The minimum Gasteiger partial charge on any atom is -0.497 e. The molecular weight excluding hydrogens is 318 g/mol. The Bertz CT molecular complexity index is 905. The van der Waals surface area contributed by atoms with Crippen molar-refractivity contribution in [1.29, 1.82) is 0 Å². The molecule has 1 aliphatic rings. The summed E-state index contributed by atoms with van der Waals surface area (Å²) in [5.41, 5.74) is 3.17. The van der Waals surface area contributed by atoms with Crippen LogP contribution >= 0.6 is 0 Å². The number of methoxy groups -OCH3 is 1. The molecule has 6 nitrogen and oxygen atoms in total. The van der Waals surface area contributed by atoms with Crippen LogP contribution in [0.4, 0.5) is 5.95 Å². The van der Waals surface area contributed by atoms with Crippen molar-refractivity contribution < 1.29 is 14.2 Å². The second-order valence-corrected chi connectivity index (χ2v) is 5.80. The second-order valence-electron chi connectivity index (χ2n) is 5.80. The Morgan fingerprint density at radius 1 is 1.16 bits per heavy atom. The molecule has 128 valence electrons. The SMILES string of the molecule is COc1cccc(CNc2ncc(-c3ccc4c(c3)OCO4)n2C)c1. The fourth-order valence-electron chi connectivity index (χ4n) is 2.86. The zero-order valence-electron chi connectivity index (χ0n) is 14.2. The van der Waals surface area contributed by atoms with E-state index in [2.05, 4.69) is 16.4 Å². The van der Waals surface area contributed by atoms with Crippen LogP contribution in [-0.4, -0.2) is 23.5 Å². The number of nitrogens with one attached hydrogen (secondary N) is 1. The van der Waals surface area contributed by atoms with E-state index in [1.165, 1.54) is 0 Å². The molecule has 0 amide bonds. The molecule has 0 radical (unpaired) electrons. The number of nitrogens with zero attached hydrogens (tertiary/aromatic N) is 2. The maximum absolute atomic E-state index is 5.46. The number of imidazole rings is 1. The van der Waals surface area contributed by atoms with Gasteiger partial charge >= 0.3 is 0 Å². The van der Waals surface area contributed by atoms with Gasteiger partial charge in [0.1, 0.15) is 5.75 Å². The highest BCUT2D eigenvalue weighted by Crippen LogP contribution is 2.36. The molecule has 0 bridgehead atoms. The highest BCUT2D eigenvalue weighted by Gasteiger charge is 2.16. The first kappa shape index (κ1) is 15.4.